The van der Waals surface area contributed by atoms with Crippen LogP contribution in [-0.4, -0.2) is 28.9 Å². The number of carbonyl (C=O) groups is 1. The third-order valence-electron chi connectivity index (χ3n) is 2.38. The second kappa shape index (κ2) is 7.84. The Morgan fingerprint density at radius 1 is 1.53 bits per heavy atom. The molecule has 0 aliphatic rings. The van der Waals surface area contributed by atoms with Crippen molar-refractivity contribution in [3.8, 4) is 0 Å². The van der Waals surface area contributed by atoms with Crippen molar-refractivity contribution in [1.29, 1.82) is 0 Å². The largest absolute Gasteiger partial charge is 0.466 e. The summed E-state index contributed by atoms with van der Waals surface area (Å²) in [6.45, 7) is 6.84. The minimum atomic E-state index is -0.117. The molecule has 0 bridgehead atoms. The van der Waals surface area contributed by atoms with Crippen LogP contribution in [0.4, 0.5) is 0 Å². The molecular formula is C12H21N3O2. The summed E-state index contributed by atoms with van der Waals surface area (Å²) in [6, 6.07) is 0. The van der Waals surface area contributed by atoms with E-state index in [0.29, 0.717) is 13.0 Å². The summed E-state index contributed by atoms with van der Waals surface area (Å²) in [6.07, 6.45) is 5.18. The van der Waals surface area contributed by atoms with Gasteiger partial charge in [-0.15, -0.1) is 0 Å². The van der Waals surface area contributed by atoms with Crippen molar-refractivity contribution in [3.05, 3.63) is 18.0 Å². The zero-order valence-corrected chi connectivity index (χ0v) is 10.6. The molecule has 0 amide bonds. The number of hydrogen-bond acceptors (Lipinski definition) is 4. The van der Waals surface area contributed by atoms with Gasteiger partial charge in [0.1, 0.15) is 0 Å². The lowest BCUT2D eigenvalue weighted by atomic mass is 10.3. The number of aromatic nitrogens is 2. The Bertz CT molecular complexity index is 336. The standard InChI is InChI=1S/C12H21N3O2/c1-3-15-10-11(9-14-15)8-13-7-5-6-12(16)17-4-2/h9-10,13H,3-8H2,1-2H3. The van der Waals surface area contributed by atoms with Crippen LogP contribution in [0.15, 0.2) is 12.4 Å². The average molecular weight is 239 g/mol. The molecule has 0 radical (unpaired) electrons. The van der Waals surface area contributed by atoms with E-state index in [-0.39, 0.29) is 5.97 Å². The summed E-state index contributed by atoms with van der Waals surface area (Å²) in [5.74, 6) is -0.117. The van der Waals surface area contributed by atoms with Crippen molar-refractivity contribution in [1.82, 2.24) is 15.1 Å². The zero-order valence-electron chi connectivity index (χ0n) is 10.6. The van der Waals surface area contributed by atoms with Gasteiger partial charge in [-0.25, -0.2) is 0 Å². The number of aryl methyl sites for hydroxylation is 1. The zero-order chi connectivity index (χ0) is 12.5. The fourth-order valence-electron chi connectivity index (χ4n) is 1.49. The molecule has 0 aliphatic carbocycles. The highest BCUT2D eigenvalue weighted by Gasteiger charge is 2.01. The maximum atomic E-state index is 11.1. The summed E-state index contributed by atoms with van der Waals surface area (Å²) in [5.41, 5.74) is 1.17. The number of ether oxygens (including phenoxy) is 1. The Morgan fingerprint density at radius 2 is 2.35 bits per heavy atom. The predicted octanol–water partition coefficient (Wildman–Crippen LogP) is 1.34. The van der Waals surface area contributed by atoms with Gasteiger partial charge >= 0.3 is 5.97 Å². The van der Waals surface area contributed by atoms with Crippen LogP contribution < -0.4 is 5.32 Å². The third kappa shape index (κ3) is 5.49. The second-order valence-corrected chi connectivity index (χ2v) is 3.79. The lowest BCUT2D eigenvalue weighted by Crippen LogP contribution is -2.16. The molecular weight excluding hydrogens is 218 g/mol. The van der Waals surface area contributed by atoms with Crippen LogP contribution in [0.5, 0.6) is 0 Å². The number of rotatable bonds is 8. The Hall–Kier alpha value is -1.36. The Balaban J connectivity index is 2.06. The second-order valence-electron chi connectivity index (χ2n) is 3.79. The molecule has 0 saturated carbocycles. The first kappa shape index (κ1) is 13.7. The summed E-state index contributed by atoms with van der Waals surface area (Å²) < 4.78 is 6.74. The molecule has 1 N–H and O–H groups in total. The first-order chi connectivity index (χ1) is 8.26. The monoisotopic (exact) mass is 239 g/mol. The van der Waals surface area contributed by atoms with Gasteiger partial charge in [-0.3, -0.25) is 9.48 Å². The van der Waals surface area contributed by atoms with Gasteiger partial charge < -0.3 is 10.1 Å². The lowest BCUT2D eigenvalue weighted by Gasteiger charge is -2.03. The van der Waals surface area contributed by atoms with Gasteiger partial charge in [0.25, 0.3) is 0 Å². The highest BCUT2D eigenvalue weighted by Crippen LogP contribution is 1.97. The van der Waals surface area contributed by atoms with Crippen LogP contribution in [0.25, 0.3) is 0 Å². The molecule has 5 heteroatoms. The molecule has 1 heterocycles. The van der Waals surface area contributed by atoms with E-state index < -0.39 is 0 Å². The van der Waals surface area contributed by atoms with Crippen LogP contribution in [-0.2, 0) is 22.6 Å². The van der Waals surface area contributed by atoms with E-state index in [9.17, 15) is 4.79 Å². The van der Waals surface area contributed by atoms with Crippen LogP contribution in [0.3, 0.4) is 0 Å². The first-order valence-electron chi connectivity index (χ1n) is 6.14. The molecule has 96 valence electrons. The highest BCUT2D eigenvalue weighted by molar-refractivity contribution is 5.69. The molecule has 1 rings (SSSR count). The normalized spacial score (nSPS) is 10.5. The molecule has 17 heavy (non-hydrogen) atoms. The van der Waals surface area contributed by atoms with Crippen molar-refractivity contribution in [2.75, 3.05) is 13.2 Å². The van der Waals surface area contributed by atoms with E-state index in [1.165, 1.54) is 5.56 Å². The Labute approximate surface area is 102 Å². The number of esters is 1. The van der Waals surface area contributed by atoms with Gasteiger partial charge in [0.05, 0.1) is 12.8 Å². The summed E-state index contributed by atoms with van der Waals surface area (Å²) in [7, 11) is 0. The molecule has 0 fully saturated rings. The number of carbonyl (C=O) groups excluding carboxylic acids is 1. The van der Waals surface area contributed by atoms with E-state index in [1.807, 2.05) is 24.0 Å². The van der Waals surface area contributed by atoms with Crippen molar-refractivity contribution < 1.29 is 9.53 Å². The lowest BCUT2D eigenvalue weighted by molar-refractivity contribution is -0.143. The van der Waals surface area contributed by atoms with Crippen LogP contribution in [0, 0.1) is 0 Å². The number of nitrogens with zero attached hydrogens (tertiary/aromatic N) is 2. The van der Waals surface area contributed by atoms with E-state index in [1.54, 1.807) is 0 Å². The summed E-state index contributed by atoms with van der Waals surface area (Å²) in [4.78, 5) is 11.1. The van der Waals surface area contributed by atoms with Crippen molar-refractivity contribution in [3.63, 3.8) is 0 Å². The number of hydrogen-bond donors (Lipinski definition) is 1. The molecule has 5 nitrogen and oxygen atoms in total. The topological polar surface area (TPSA) is 56.1 Å². The highest BCUT2D eigenvalue weighted by atomic mass is 16.5. The molecule has 1 aromatic rings. The van der Waals surface area contributed by atoms with Gasteiger partial charge in [-0.05, 0) is 26.8 Å². The van der Waals surface area contributed by atoms with Crippen LogP contribution >= 0.6 is 0 Å². The molecule has 0 unspecified atom stereocenters. The van der Waals surface area contributed by atoms with E-state index in [4.69, 9.17) is 4.74 Å². The quantitative estimate of drug-likeness (QED) is 0.549. The average Bonchev–Trinajstić information content (AvgIpc) is 2.77. The first-order valence-corrected chi connectivity index (χ1v) is 6.14. The summed E-state index contributed by atoms with van der Waals surface area (Å²) >= 11 is 0. The van der Waals surface area contributed by atoms with Crippen molar-refractivity contribution >= 4 is 5.97 Å². The maximum Gasteiger partial charge on any atom is 0.305 e. The van der Waals surface area contributed by atoms with Gasteiger partial charge in [0, 0.05) is 31.3 Å². The Morgan fingerprint density at radius 3 is 3.00 bits per heavy atom. The Kier molecular flexibility index (Phi) is 6.32. The smallest absolute Gasteiger partial charge is 0.305 e. The fourth-order valence-corrected chi connectivity index (χ4v) is 1.49. The van der Waals surface area contributed by atoms with E-state index in [2.05, 4.69) is 17.3 Å². The van der Waals surface area contributed by atoms with Crippen molar-refractivity contribution in [2.45, 2.75) is 39.8 Å². The third-order valence-corrected chi connectivity index (χ3v) is 2.38. The SMILES string of the molecule is CCOC(=O)CCCNCc1cnn(CC)c1. The van der Waals surface area contributed by atoms with Gasteiger partial charge in [-0.1, -0.05) is 0 Å². The van der Waals surface area contributed by atoms with Crippen LogP contribution in [0.2, 0.25) is 0 Å². The van der Waals surface area contributed by atoms with Gasteiger partial charge in [0.15, 0.2) is 0 Å². The van der Waals surface area contributed by atoms with E-state index >= 15 is 0 Å². The van der Waals surface area contributed by atoms with Gasteiger partial charge in [-0.2, -0.15) is 5.10 Å². The van der Waals surface area contributed by atoms with Crippen LogP contribution in [0.1, 0.15) is 32.3 Å². The molecule has 0 aliphatic heterocycles. The maximum absolute atomic E-state index is 11.1. The molecule has 0 atom stereocenters. The fraction of sp³-hybridized carbons (Fsp3) is 0.667. The van der Waals surface area contributed by atoms with E-state index in [0.717, 1.165) is 26.1 Å². The molecule has 1 aromatic heterocycles. The minimum Gasteiger partial charge on any atom is -0.466 e. The molecule has 0 spiro atoms. The minimum absolute atomic E-state index is 0.117. The predicted molar refractivity (Wildman–Crippen MR) is 65.5 cm³/mol. The summed E-state index contributed by atoms with van der Waals surface area (Å²) in [5, 5.41) is 7.46. The van der Waals surface area contributed by atoms with Crippen molar-refractivity contribution in [2.24, 2.45) is 0 Å². The molecule has 0 aromatic carbocycles. The van der Waals surface area contributed by atoms with Gasteiger partial charge in [0.2, 0.25) is 0 Å². The molecule has 0 saturated heterocycles. The number of nitrogens with one attached hydrogen (secondary N) is 1.